The van der Waals surface area contributed by atoms with Crippen molar-refractivity contribution < 1.29 is 10.2 Å². The first-order chi connectivity index (χ1) is 9.13. The van der Waals surface area contributed by atoms with Crippen LogP contribution >= 0.6 is 11.3 Å². The lowest BCUT2D eigenvalue weighted by Crippen LogP contribution is -1.98. The first kappa shape index (κ1) is 11.9. The van der Waals surface area contributed by atoms with Gasteiger partial charge in [0.2, 0.25) is 0 Å². The molecule has 0 fully saturated rings. The van der Waals surface area contributed by atoms with Gasteiger partial charge in [-0.25, -0.2) is 9.97 Å². The summed E-state index contributed by atoms with van der Waals surface area (Å²) in [5, 5.41) is 18.5. The smallest absolute Gasteiger partial charge is 0.111 e. The molecule has 2 heterocycles. The first-order valence-corrected chi connectivity index (χ1v) is 6.62. The van der Waals surface area contributed by atoms with Crippen LogP contribution in [0.15, 0.2) is 12.1 Å². The highest BCUT2D eigenvalue weighted by atomic mass is 32.1. The van der Waals surface area contributed by atoms with E-state index in [0.29, 0.717) is 20.1 Å². The van der Waals surface area contributed by atoms with Crippen molar-refractivity contribution >= 4 is 45.9 Å². The maximum absolute atomic E-state index is 9.24. The van der Waals surface area contributed by atoms with Crippen molar-refractivity contribution in [3.05, 3.63) is 32.3 Å². The molecule has 0 amide bonds. The fourth-order valence-electron chi connectivity index (χ4n) is 2.05. The minimum atomic E-state index is 0.600. The third-order valence-electron chi connectivity index (χ3n) is 3.20. The number of fused-ring (bicyclic) bond motifs is 2. The average Bonchev–Trinajstić information content (AvgIpc) is 2.75. The summed E-state index contributed by atoms with van der Waals surface area (Å²) in [6.07, 6.45) is 2.00. The number of aryl methyl sites for hydroxylation is 2. The second-order valence-corrected chi connectivity index (χ2v) is 5.52. The van der Waals surface area contributed by atoms with E-state index in [1.54, 1.807) is 0 Å². The highest BCUT2D eigenvalue weighted by Crippen LogP contribution is 2.18. The minimum Gasteiger partial charge on any atom is -0.514 e. The minimum absolute atomic E-state index is 0.600. The highest BCUT2D eigenvalue weighted by molar-refractivity contribution is 7.09. The maximum Gasteiger partial charge on any atom is 0.111 e. The molecular formula is C14H12N2O2S. The largest absolute Gasteiger partial charge is 0.514 e. The molecule has 0 unspecified atom stereocenters. The first-order valence-electron chi connectivity index (χ1n) is 5.80. The number of benzene rings is 1. The molecule has 0 aliphatic heterocycles. The topological polar surface area (TPSA) is 66.2 Å². The zero-order valence-corrected chi connectivity index (χ0v) is 11.3. The molecule has 0 atom stereocenters. The lowest BCUT2D eigenvalue weighted by molar-refractivity contribution is 0.542. The zero-order chi connectivity index (χ0) is 13.6. The predicted molar refractivity (Wildman–Crippen MR) is 77.8 cm³/mol. The molecule has 0 saturated carbocycles. The Kier molecular flexibility index (Phi) is 2.64. The quantitative estimate of drug-likeness (QED) is 0.657. The molecule has 3 aromatic rings. The Labute approximate surface area is 113 Å². The van der Waals surface area contributed by atoms with Gasteiger partial charge < -0.3 is 10.2 Å². The van der Waals surface area contributed by atoms with Crippen LogP contribution in [0.2, 0.25) is 0 Å². The van der Waals surface area contributed by atoms with E-state index < -0.39 is 0 Å². The van der Waals surface area contributed by atoms with Gasteiger partial charge in [-0.3, -0.25) is 0 Å². The molecule has 0 aliphatic rings. The molecule has 2 aromatic heterocycles. The third-order valence-corrected chi connectivity index (χ3v) is 4.24. The van der Waals surface area contributed by atoms with Gasteiger partial charge in [-0.15, -0.1) is 11.3 Å². The second kappa shape index (κ2) is 4.20. The lowest BCUT2D eigenvalue weighted by Gasteiger charge is -2.02. The summed E-state index contributed by atoms with van der Waals surface area (Å²) in [5.74, 6) is 0. The number of aliphatic hydroxyl groups is 2. The Morgan fingerprint density at radius 1 is 0.895 bits per heavy atom. The summed E-state index contributed by atoms with van der Waals surface area (Å²) in [4.78, 5) is 9.09. The van der Waals surface area contributed by atoms with Crippen molar-refractivity contribution in [1.82, 2.24) is 9.97 Å². The summed E-state index contributed by atoms with van der Waals surface area (Å²) in [7, 11) is 0. The monoisotopic (exact) mass is 272 g/mol. The molecule has 0 bridgehead atoms. The number of aliphatic hydroxyl groups excluding tert-OH is 2. The van der Waals surface area contributed by atoms with Gasteiger partial charge in [0.15, 0.2) is 0 Å². The van der Waals surface area contributed by atoms with Crippen LogP contribution in [0.25, 0.3) is 34.6 Å². The lowest BCUT2D eigenvalue weighted by atomic mass is 10.1. The molecule has 0 aliphatic carbocycles. The van der Waals surface area contributed by atoms with Gasteiger partial charge in [0, 0.05) is 0 Å². The van der Waals surface area contributed by atoms with E-state index in [1.165, 1.54) is 11.3 Å². The molecule has 4 nitrogen and oxygen atoms in total. The zero-order valence-electron chi connectivity index (χ0n) is 10.5. The van der Waals surface area contributed by atoms with E-state index in [-0.39, 0.29) is 0 Å². The summed E-state index contributed by atoms with van der Waals surface area (Å²) in [6.45, 7) is 4.06. The highest BCUT2D eigenvalue weighted by Gasteiger charge is 2.08. The van der Waals surface area contributed by atoms with E-state index in [9.17, 15) is 10.2 Å². The Morgan fingerprint density at radius 3 is 1.68 bits per heavy atom. The molecule has 0 spiro atoms. The van der Waals surface area contributed by atoms with Crippen LogP contribution < -0.4 is 9.06 Å². The van der Waals surface area contributed by atoms with Crippen molar-refractivity contribution in [1.29, 1.82) is 0 Å². The van der Waals surface area contributed by atoms with Gasteiger partial charge in [0.25, 0.3) is 0 Å². The molecule has 1 aromatic carbocycles. The van der Waals surface area contributed by atoms with Crippen LogP contribution in [0, 0.1) is 13.8 Å². The summed E-state index contributed by atoms with van der Waals surface area (Å²) >= 11 is 1.26. The van der Waals surface area contributed by atoms with E-state index >= 15 is 0 Å². The van der Waals surface area contributed by atoms with Crippen LogP contribution in [-0.2, 0) is 0 Å². The summed E-state index contributed by atoms with van der Waals surface area (Å²) < 4.78 is 1.20. The maximum atomic E-state index is 9.24. The number of aromatic nitrogens is 2. The van der Waals surface area contributed by atoms with Crippen molar-refractivity contribution in [2.24, 2.45) is 0 Å². The summed E-state index contributed by atoms with van der Waals surface area (Å²) in [6, 6.07) is 3.97. The van der Waals surface area contributed by atoms with Crippen molar-refractivity contribution in [2.75, 3.05) is 0 Å². The fraction of sp³-hybridized carbons (Fsp3) is 0.143. The summed E-state index contributed by atoms with van der Waals surface area (Å²) in [5.41, 5.74) is 5.12. The molecule has 2 N–H and O–H groups in total. The predicted octanol–water partition coefficient (Wildman–Crippen LogP) is 2.05. The van der Waals surface area contributed by atoms with Crippen molar-refractivity contribution in [3.63, 3.8) is 0 Å². The second-order valence-electron chi connectivity index (χ2n) is 4.43. The van der Waals surface area contributed by atoms with E-state index in [2.05, 4.69) is 9.97 Å². The van der Waals surface area contributed by atoms with Gasteiger partial charge in [0.1, 0.15) is 11.0 Å². The standard InChI is InChI=1S/C14H12N2O2S/c1-7-3-9-10(4-8(7)2)16-14-12(6-18)19-11(5-17)13(14)15-9/h3-6,17-18H,1-2H3/b11-5-,12-6-. The van der Waals surface area contributed by atoms with Crippen LogP contribution in [0.1, 0.15) is 11.1 Å². The SMILES string of the molecule is Cc1cc2nc3/c(=C/O)s/c(=C\O)c3nc2cc1C. The van der Waals surface area contributed by atoms with Crippen molar-refractivity contribution in [3.8, 4) is 0 Å². The van der Waals surface area contributed by atoms with Crippen molar-refractivity contribution in [2.45, 2.75) is 13.8 Å². The Morgan fingerprint density at radius 2 is 1.32 bits per heavy atom. The number of hydrogen-bond acceptors (Lipinski definition) is 5. The Balaban J connectivity index is 2.57. The van der Waals surface area contributed by atoms with E-state index in [0.717, 1.165) is 34.7 Å². The molecule has 5 heteroatoms. The third kappa shape index (κ3) is 1.74. The van der Waals surface area contributed by atoms with Crippen LogP contribution in [0.4, 0.5) is 0 Å². The van der Waals surface area contributed by atoms with Crippen LogP contribution in [-0.4, -0.2) is 20.2 Å². The molecule has 0 saturated heterocycles. The number of thiophene rings is 1. The molecule has 96 valence electrons. The average molecular weight is 272 g/mol. The molecular weight excluding hydrogens is 260 g/mol. The molecule has 0 radical (unpaired) electrons. The van der Waals surface area contributed by atoms with Gasteiger partial charge in [0.05, 0.1) is 32.6 Å². The van der Waals surface area contributed by atoms with Gasteiger partial charge >= 0.3 is 0 Å². The Hall–Kier alpha value is -2.14. The fourth-order valence-corrected chi connectivity index (χ4v) is 2.87. The number of hydrogen-bond donors (Lipinski definition) is 2. The van der Waals surface area contributed by atoms with Crippen LogP contribution in [0.3, 0.4) is 0 Å². The molecule has 3 rings (SSSR count). The van der Waals surface area contributed by atoms with E-state index in [4.69, 9.17) is 0 Å². The van der Waals surface area contributed by atoms with Gasteiger partial charge in [-0.05, 0) is 37.1 Å². The van der Waals surface area contributed by atoms with Crippen LogP contribution in [0.5, 0.6) is 0 Å². The molecule has 19 heavy (non-hydrogen) atoms. The number of rotatable bonds is 0. The number of nitrogens with zero attached hydrogens (tertiary/aromatic N) is 2. The normalized spacial score (nSPS) is 13.8. The Bertz CT molecular complexity index is 839. The van der Waals surface area contributed by atoms with E-state index in [1.807, 2.05) is 26.0 Å². The van der Waals surface area contributed by atoms with Gasteiger partial charge in [-0.2, -0.15) is 0 Å². The van der Waals surface area contributed by atoms with Gasteiger partial charge in [-0.1, -0.05) is 0 Å².